The van der Waals surface area contributed by atoms with Crippen LogP contribution in [0, 0.1) is 0 Å². The Hall–Kier alpha value is -1.04. The van der Waals surface area contributed by atoms with E-state index in [9.17, 15) is 4.79 Å². The quantitative estimate of drug-likeness (QED) is 0.799. The third-order valence-corrected chi connectivity index (χ3v) is 4.06. The Bertz CT molecular complexity index is 460. The van der Waals surface area contributed by atoms with Crippen molar-refractivity contribution in [3.63, 3.8) is 0 Å². The molecular formula is C17H30Cl2N4O. The SMILES string of the molecule is CC(N)CCC(=O)NCc1ccc(N2CCCCCC2)nc1.Cl.Cl. The molecule has 3 N–H and O–H groups in total. The monoisotopic (exact) mass is 376 g/mol. The first-order chi connectivity index (χ1) is 10.6. The zero-order chi connectivity index (χ0) is 15.8. The number of nitrogens with zero attached hydrogens (tertiary/aromatic N) is 2. The Morgan fingerprint density at radius 3 is 2.46 bits per heavy atom. The van der Waals surface area contributed by atoms with Gasteiger partial charge >= 0.3 is 0 Å². The maximum atomic E-state index is 11.7. The lowest BCUT2D eigenvalue weighted by atomic mass is 10.2. The van der Waals surface area contributed by atoms with Crippen LogP contribution in [0.15, 0.2) is 18.3 Å². The van der Waals surface area contributed by atoms with Crippen LogP contribution in [0.25, 0.3) is 0 Å². The third kappa shape index (κ3) is 8.18. The van der Waals surface area contributed by atoms with Crippen LogP contribution in [0.1, 0.15) is 51.0 Å². The number of carbonyl (C=O) groups excluding carboxylic acids is 1. The van der Waals surface area contributed by atoms with E-state index in [1.165, 1.54) is 25.7 Å². The molecule has 1 aromatic heterocycles. The van der Waals surface area contributed by atoms with Gasteiger partial charge in [-0.1, -0.05) is 18.9 Å². The van der Waals surface area contributed by atoms with Gasteiger partial charge in [0.1, 0.15) is 5.82 Å². The average Bonchev–Trinajstić information content (AvgIpc) is 2.80. The van der Waals surface area contributed by atoms with Gasteiger partial charge in [-0.2, -0.15) is 0 Å². The van der Waals surface area contributed by atoms with Crippen molar-refractivity contribution < 1.29 is 4.79 Å². The number of carbonyl (C=O) groups is 1. The molecule has 1 saturated heterocycles. The Morgan fingerprint density at radius 2 is 1.92 bits per heavy atom. The molecule has 2 heterocycles. The second kappa shape index (κ2) is 12.3. The molecule has 0 spiro atoms. The predicted octanol–water partition coefficient (Wildman–Crippen LogP) is 3.05. The third-order valence-electron chi connectivity index (χ3n) is 4.06. The summed E-state index contributed by atoms with van der Waals surface area (Å²) in [4.78, 5) is 18.6. The Kier molecular flexibility index (Phi) is 11.8. The molecule has 1 amide bonds. The van der Waals surface area contributed by atoms with Crippen LogP contribution in [-0.4, -0.2) is 30.0 Å². The first kappa shape index (κ1) is 23.0. The van der Waals surface area contributed by atoms with Crippen LogP contribution >= 0.6 is 24.8 Å². The normalized spacial score (nSPS) is 15.5. The van der Waals surface area contributed by atoms with Crippen molar-refractivity contribution in [2.45, 2.75) is 58.0 Å². The van der Waals surface area contributed by atoms with Gasteiger partial charge in [0.25, 0.3) is 0 Å². The molecule has 0 aliphatic carbocycles. The van der Waals surface area contributed by atoms with Crippen molar-refractivity contribution in [2.75, 3.05) is 18.0 Å². The summed E-state index contributed by atoms with van der Waals surface area (Å²) in [6.45, 7) is 4.64. The maximum absolute atomic E-state index is 11.7. The maximum Gasteiger partial charge on any atom is 0.220 e. The van der Waals surface area contributed by atoms with Gasteiger partial charge in [0, 0.05) is 38.3 Å². The number of amides is 1. The van der Waals surface area contributed by atoms with Crippen LogP contribution in [0.3, 0.4) is 0 Å². The molecule has 24 heavy (non-hydrogen) atoms. The molecule has 1 fully saturated rings. The molecule has 1 aromatic rings. The molecule has 1 aliphatic rings. The second-order valence-corrected chi connectivity index (χ2v) is 6.22. The zero-order valence-corrected chi connectivity index (χ0v) is 16.0. The topological polar surface area (TPSA) is 71.2 Å². The summed E-state index contributed by atoms with van der Waals surface area (Å²) in [5.74, 6) is 1.10. The number of anilines is 1. The van der Waals surface area contributed by atoms with Crippen LogP contribution in [0.4, 0.5) is 5.82 Å². The smallest absolute Gasteiger partial charge is 0.220 e. The fraction of sp³-hybridized carbons (Fsp3) is 0.647. The average molecular weight is 377 g/mol. The van der Waals surface area contributed by atoms with Gasteiger partial charge in [-0.05, 0) is 37.8 Å². The van der Waals surface area contributed by atoms with Crippen molar-refractivity contribution in [3.05, 3.63) is 23.9 Å². The van der Waals surface area contributed by atoms with E-state index in [0.29, 0.717) is 13.0 Å². The number of rotatable bonds is 6. The van der Waals surface area contributed by atoms with E-state index in [-0.39, 0.29) is 36.8 Å². The van der Waals surface area contributed by atoms with Crippen LogP contribution in [-0.2, 0) is 11.3 Å². The molecule has 1 atom stereocenters. The van der Waals surface area contributed by atoms with E-state index in [1.807, 2.05) is 13.1 Å². The molecule has 1 unspecified atom stereocenters. The molecule has 138 valence electrons. The van der Waals surface area contributed by atoms with Gasteiger partial charge in [-0.25, -0.2) is 4.98 Å². The lowest BCUT2D eigenvalue weighted by molar-refractivity contribution is -0.121. The lowest BCUT2D eigenvalue weighted by Crippen LogP contribution is -2.26. The number of halogens is 2. The highest BCUT2D eigenvalue weighted by atomic mass is 35.5. The van der Waals surface area contributed by atoms with E-state index in [2.05, 4.69) is 27.3 Å². The van der Waals surface area contributed by atoms with Crippen molar-refractivity contribution in [3.8, 4) is 0 Å². The van der Waals surface area contributed by atoms with Gasteiger partial charge in [-0.15, -0.1) is 24.8 Å². The van der Waals surface area contributed by atoms with Gasteiger partial charge in [-0.3, -0.25) is 4.79 Å². The highest BCUT2D eigenvalue weighted by Crippen LogP contribution is 2.17. The van der Waals surface area contributed by atoms with Crippen molar-refractivity contribution in [1.29, 1.82) is 0 Å². The largest absolute Gasteiger partial charge is 0.357 e. The molecule has 0 bridgehead atoms. The molecule has 2 rings (SSSR count). The lowest BCUT2D eigenvalue weighted by Gasteiger charge is -2.21. The Labute approximate surface area is 157 Å². The van der Waals surface area contributed by atoms with Gasteiger partial charge in [0.2, 0.25) is 5.91 Å². The second-order valence-electron chi connectivity index (χ2n) is 6.22. The Balaban J connectivity index is 0.00000264. The van der Waals surface area contributed by atoms with E-state index in [0.717, 1.165) is 30.9 Å². The molecule has 0 saturated carbocycles. The van der Waals surface area contributed by atoms with Crippen LogP contribution in [0.5, 0.6) is 0 Å². The fourth-order valence-electron chi connectivity index (χ4n) is 2.66. The summed E-state index contributed by atoms with van der Waals surface area (Å²) in [5, 5.41) is 2.92. The standard InChI is InChI=1S/C17H28N4O.2ClH/c1-14(18)6-9-17(22)20-13-15-7-8-16(19-12-15)21-10-4-2-3-5-11-21;;/h7-8,12,14H,2-6,9-11,13,18H2,1H3,(H,20,22);2*1H. The van der Waals surface area contributed by atoms with E-state index in [1.54, 1.807) is 0 Å². The van der Waals surface area contributed by atoms with Crippen LogP contribution < -0.4 is 16.0 Å². The number of nitrogens with one attached hydrogen (secondary N) is 1. The molecular weight excluding hydrogens is 347 g/mol. The molecule has 5 nitrogen and oxygen atoms in total. The molecule has 0 aromatic carbocycles. The molecule has 1 aliphatic heterocycles. The van der Waals surface area contributed by atoms with E-state index < -0.39 is 0 Å². The first-order valence-corrected chi connectivity index (χ1v) is 8.37. The summed E-state index contributed by atoms with van der Waals surface area (Å²) in [5.41, 5.74) is 6.69. The van der Waals surface area contributed by atoms with Crippen molar-refractivity contribution >= 4 is 36.5 Å². The minimum absolute atomic E-state index is 0. The Morgan fingerprint density at radius 1 is 1.25 bits per heavy atom. The van der Waals surface area contributed by atoms with Gasteiger partial charge < -0.3 is 16.0 Å². The number of aromatic nitrogens is 1. The summed E-state index contributed by atoms with van der Waals surface area (Å²) in [7, 11) is 0. The van der Waals surface area contributed by atoms with Gasteiger partial charge in [0.05, 0.1) is 0 Å². The minimum Gasteiger partial charge on any atom is -0.357 e. The highest BCUT2D eigenvalue weighted by molar-refractivity contribution is 5.85. The van der Waals surface area contributed by atoms with E-state index >= 15 is 0 Å². The summed E-state index contributed by atoms with van der Waals surface area (Å²) < 4.78 is 0. The van der Waals surface area contributed by atoms with E-state index in [4.69, 9.17) is 5.73 Å². The fourth-order valence-corrected chi connectivity index (χ4v) is 2.66. The number of pyridine rings is 1. The summed E-state index contributed by atoms with van der Waals surface area (Å²) >= 11 is 0. The number of hydrogen-bond acceptors (Lipinski definition) is 4. The number of nitrogens with two attached hydrogens (primary N) is 1. The molecule has 7 heteroatoms. The van der Waals surface area contributed by atoms with Gasteiger partial charge in [0.15, 0.2) is 0 Å². The summed E-state index contributed by atoms with van der Waals surface area (Å²) in [6.07, 6.45) is 8.21. The van der Waals surface area contributed by atoms with Crippen LogP contribution in [0.2, 0.25) is 0 Å². The van der Waals surface area contributed by atoms with Crippen molar-refractivity contribution in [1.82, 2.24) is 10.3 Å². The molecule has 0 radical (unpaired) electrons. The number of hydrogen-bond donors (Lipinski definition) is 2. The highest BCUT2D eigenvalue weighted by Gasteiger charge is 2.11. The first-order valence-electron chi connectivity index (χ1n) is 8.37. The van der Waals surface area contributed by atoms with Crippen molar-refractivity contribution in [2.24, 2.45) is 5.73 Å². The predicted molar refractivity (Wildman–Crippen MR) is 104 cm³/mol. The zero-order valence-electron chi connectivity index (χ0n) is 14.4. The summed E-state index contributed by atoms with van der Waals surface area (Å²) in [6, 6.07) is 4.19. The minimum atomic E-state index is 0.